The summed E-state index contributed by atoms with van der Waals surface area (Å²) in [5.74, 6) is 1.31. The van der Waals surface area contributed by atoms with E-state index in [0.717, 1.165) is 54.5 Å². The monoisotopic (exact) mass is 418 g/mol. The average Bonchev–Trinajstić information content (AvgIpc) is 2.69. The predicted octanol–water partition coefficient (Wildman–Crippen LogP) is 3.69. The van der Waals surface area contributed by atoms with Crippen LogP contribution in [-0.2, 0) is 18.8 Å². The molecule has 1 heterocycles. The van der Waals surface area contributed by atoms with Gasteiger partial charge in [-0.15, -0.1) is 0 Å². The average molecular weight is 419 g/mol. The maximum Gasteiger partial charge on any atom is 0.250 e. The van der Waals surface area contributed by atoms with Gasteiger partial charge in [0.1, 0.15) is 5.82 Å². The minimum atomic E-state index is -0.209. The Bertz CT molecular complexity index is 866. The van der Waals surface area contributed by atoms with Gasteiger partial charge in [0.25, 0.3) is 5.56 Å². The van der Waals surface area contributed by atoms with E-state index >= 15 is 0 Å². The lowest BCUT2D eigenvalue weighted by Crippen LogP contribution is -2.37. The van der Waals surface area contributed by atoms with Crippen LogP contribution in [0.4, 0.5) is 4.39 Å². The summed E-state index contributed by atoms with van der Waals surface area (Å²) in [6, 6.07) is 10.2. The number of nitrogens with one attached hydrogen (secondary N) is 2. The van der Waals surface area contributed by atoms with Crippen LogP contribution < -0.4 is 16.2 Å². The van der Waals surface area contributed by atoms with Crippen molar-refractivity contribution in [2.45, 2.75) is 45.5 Å². The van der Waals surface area contributed by atoms with E-state index in [-0.39, 0.29) is 11.4 Å². The van der Waals surface area contributed by atoms with Crippen molar-refractivity contribution in [2.24, 2.45) is 4.99 Å². The van der Waals surface area contributed by atoms with E-state index in [2.05, 4.69) is 15.6 Å². The highest BCUT2D eigenvalue weighted by Crippen LogP contribution is 2.17. The molecule has 0 saturated carbocycles. The lowest BCUT2D eigenvalue weighted by atomic mass is 10.1. The molecular weight excluding hydrogens is 387 g/mol. The van der Waals surface area contributed by atoms with Gasteiger partial charge in [-0.05, 0) is 62.3 Å². The highest BCUT2D eigenvalue weighted by molar-refractivity contribution is 7.97. The molecule has 5 nitrogen and oxygen atoms in total. The summed E-state index contributed by atoms with van der Waals surface area (Å²) in [5.41, 5.74) is 3.06. The molecule has 0 aliphatic rings. The fourth-order valence-electron chi connectivity index (χ4n) is 3.06. The summed E-state index contributed by atoms with van der Waals surface area (Å²) in [4.78, 5) is 16.6. The number of aliphatic imine (C=N–C) groups is 1. The van der Waals surface area contributed by atoms with Gasteiger partial charge in [-0.2, -0.15) is 11.8 Å². The zero-order valence-electron chi connectivity index (χ0n) is 17.5. The summed E-state index contributed by atoms with van der Waals surface area (Å²) < 4.78 is 15.3. The molecule has 0 atom stereocenters. The van der Waals surface area contributed by atoms with E-state index in [4.69, 9.17) is 0 Å². The number of rotatable bonds is 10. The zero-order valence-corrected chi connectivity index (χ0v) is 18.3. The van der Waals surface area contributed by atoms with Gasteiger partial charge in [-0.1, -0.05) is 12.1 Å². The third-order valence-corrected chi connectivity index (χ3v) is 5.19. The molecule has 0 spiro atoms. The van der Waals surface area contributed by atoms with Crippen LogP contribution in [0.3, 0.4) is 0 Å². The first-order valence-corrected chi connectivity index (χ1v) is 11.4. The molecule has 29 heavy (non-hydrogen) atoms. The Hall–Kier alpha value is -2.28. The molecule has 1 aromatic heterocycles. The molecule has 0 bridgehead atoms. The molecule has 0 fully saturated rings. The first-order chi connectivity index (χ1) is 14.0. The standard InChI is InChI=1S/C22H31FN4OS/c1-4-24-22(26-15-18-10-11-20(23)14-19(18)16-29-3)25-12-5-6-13-27-17(2)8-7-9-21(27)28/h7-11,14H,4-6,12-13,15-16H2,1-3H3,(H2,24,25,26). The Labute approximate surface area is 176 Å². The molecule has 7 heteroatoms. The van der Waals surface area contributed by atoms with Crippen LogP contribution in [-0.4, -0.2) is 29.9 Å². The van der Waals surface area contributed by atoms with E-state index in [0.29, 0.717) is 13.1 Å². The molecule has 0 aliphatic heterocycles. The number of pyridine rings is 1. The first-order valence-electron chi connectivity index (χ1n) is 10.00. The van der Waals surface area contributed by atoms with Gasteiger partial charge < -0.3 is 15.2 Å². The van der Waals surface area contributed by atoms with E-state index in [1.807, 2.05) is 32.2 Å². The minimum Gasteiger partial charge on any atom is -0.357 e. The lowest BCUT2D eigenvalue weighted by molar-refractivity contribution is 0.575. The summed E-state index contributed by atoms with van der Waals surface area (Å²) in [6.07, 6.45) is 3.85. The number of hydrogen-bond donors (Lipinski definition) is 2. The van der Waals surface area contributed by atoms with Crippen molar-refractivity contribution in [3.8, 4) is 0 Å². The number of nitrogens with zero attached hydrogens (tertiary/aromatic N) is 2. The van der Waals surface area contributed by atoms with Gasteiger partial charge >= 0.3 is 0 Å². The first kappa shape index (κ1) is 23.0. The topological polar surface area (TPSA) is 58.4 Å². The Balaban J connectivity index is 1.87. The number of halogens is 1. The van der Waals surface area contributed by atoms with E-state index in [1.165, 1.54) is 6.07 Å². The van der Waals surface area contributed by atoms with Crippen LogP contribution in [0.2, 0.25) is 0 Å². The minimum absolute atomic E-state index is 0.0493. The Morgan fingerprint density at radius 3 is 2.72 bits per heavy atom. The van der Waals surface area contributed by atoms with Crippen molar-refractivity contribution in [3.05, 3.63) is 69.4 Å². The molecule has 0 saturated heterocycles. The molecule has 0 radical (unpaired) electrons. The van der Waals surface area contributed by atoms with E-state index in [9.17, 15) is 9.18 Å². The molecule has 2 rings (SSSR count). The van der Waals surface area contributed by atoms with Gasteiger partial charge in [0, 0.05) is 37.1 Å². The van der Waals surface area contributed by atoms with Crippen LogP contribution in [0.1, 0.15) is 36.6 Å². The van der Waals surface area contributed by atoms with Crippen LogP contribution in [0.15, 0.2) is 46.2 Å². The lowest BCUT2D eigenvalue weighted by Gasteiger charge is -2.13. The number of thioether (sulfide) groups is 1. The maximum atomic E-state index is 13.5. The fraction of sp³-hybridized carbons (Fsp3) is 0.455. The fourth-order valence-corrected chi connectivity index (χ4v) is 3.64. The Kier molecular flexibility index (Phi) is 9.77. The summed E-state index contributed by atoms with van der Waals surface area (Å²) in [6.45, 7) is 6.74. The molecule has 1 aromatic carbocycles. The van der Waals surface area contributed by atoms with Gasteiger partial charge in [0.15, 0.2) is 5.96 Å². The summed E-state index contributed by atoms with van der Waals surface area (Å²) in [7, 11) is 0. The van der Waals surface area contributed by atoms with Crippen molar-refractivity contribution in [3.63, 3.8) is 0 Å². The number of benzene rings is 1. The summed E-state index contributed by atoms with van der Waals surface area (Å²) >= 11 is 1.67. The SMILES string of the molecule is CCNC(=NCc1ccc(F)cc1CSC)NCCCCn1c(C)cccc1=O. The second kappa shape index (κ2) is 12.3. The van der Waals surface area contributed by atoms with Crippen LogP contribution >= 0.6 is 11.8 Å². The summed E-state index contributed by atoms with van der Waals surface area (Å²) in [5, 5.41) is 6.59. The van der Waals surface area contributed by atoms with E-state index in [1.54, 1.807) is 34.5 Å². The van der Waals surface area contributed by atoms with Crippen LogP contribution in [0, 0.1) is 12.7 Å². The predicted molar refractivity (Wildman–Crippen MR) is 121 cm³/mol. The quantitative estimate of drug-likeness (QED) is 0.351. The molecule has 158 valence electrons. The maximum absolute atomic E-state index is 13.5. The number of aryl methyl sites for hydroxylation is 1. The normalized spacial score (nSPS) is 11.5. The van der Waals surface area contributed by atoms with Crippen molar-refractivity contribution in [1.82, 2.24) is 15.2 Å². The molecular formula is C22H31FN4OS. The number of aromatic nitrogens is 1. The zero-order chi connectivity index (χ0) is 21.1. The number of hydrogen-bond acceptors (Lipinski definition) is 3. The van der Waals surface area contributed by atoms with Gasteiger partial charge in [0.2, 0.25) is 0 Å². The Morgan fingerprint density at radius 1 is 1.17 bits per heavy atom. The van der Waals surface area contributed by atoms with Crippen molar-refractivity contribution < 1.29 is 4.39 Å². The third-order valence-electron chi connectivity index (χ3n) is 4.59. The van der Waals surface area contributed by atoms with Crippen molar-refractivity contribution in [1.29, 1.82) is 0 Å². The number of unbranched alkanes of at least 4 members (excludes halogenated alkanes) is 1. The van der Waals surface area contributed by atoms with Gasteiger partial charge in [-0.3, -0.25) is 4.79 Å². The van der Waals surface area contributed by atoms with Crippen LogP contribution in [0.5, 0.6) is 0 Å². The van der Waals surface area contributed by atoms with Gasteiger partial charge in [0.05, 0.1) is 6.54 Å². The van der Waals surface area contributed by atoms with Crippen molar-refractivity contribution in [2.75, 3.05) is 19.3 Å². The molecule has 2 aromatic rings. The van der Waals surface area contributed by atoms with E-state index < -0.39 is 0 Å². The third kappa shape index (κ3) is 7.57. The molecule has 0 unspecified atom stereocenters. The Morgan fingerprint density at radius 2 is 2.00 bits per heavy atom. The second-order valence-corrected chi connectivity index (χ2v) is 7.70. The molecule has 0 aliphatic carbocycles. The second-order valence-electron chi connectivity index (χ2n) is 6.83. The molecule has 0 amide bonds. The van der Waals surface area contributed by atoms with Crippen molar-refractivity contribution >= 4 is 17.7 Å². The largest absolute Gasteiger partial charge is 0.357 e. The van der Waals surface area contributed by atoms with Crippen LogP contribution in [0.25, 0.3) is 0 Å². The highest BCUT2D eigenvalue weighted by atomic mass is 32.2. The van der Waals surface area contributed by atoms with Gasteiger partial charge in [-0.25, -0.2) is 9.38 Å². The highest BCUT2D eigenvalue weighted by Gasteiger charge is 2.05. The number of guanidine groups is 1. The smallest absolute Gasteiger partial charge is 0.250 e. The molecule has 2 N–H and O–H groups in total.